The highest BCUT2D eigenvalue weighted by molar-refractivity contribution is 5.95. The number of ether oxygens (including phenoxy) is 3. The summed E-state index contributed by atoms with van der Waals surface area (Å²) in [5, 5.41) is 8.46. The third-order valence-corrected chi connectivity index (χ3v) is 9.08. The standard InChI is InChI=1S/C36H44N8O6/c1-20(2)29(41-35(47)48-5)32(45)43-34-38-18-27(40-34)25-14-10-23(11-15-25)22-8-12-24(13-9-22)26-17-37-31(39-26)28-7-6-16-44(28)33(46)30(21(3)4)42-36-49-19-50-36/h8-15,17-18,20-21,28-30,36,42H,6-7,16,19H2,1-5H3,(H,37,39)(H,41,47)(H2,38,40,43,45)/t28-,29-,30-/m0/s1. The molecule has 2 aromatic carbocycles. The number of imidazole rings is 2. The van der Waals surface area contributed by atoms with E-state index in [9.17, 15) is 14.4 Å². The first-order chi connectivity index (χ1) is 24.1. The molecular formula is C36H44N8O6. The minimum absolute atomic E-state index is 0.0273. The predicted octanol–water partition coefficient (Wildman–Crippen LogP) is 5.02. The van der Waals surface area contributed by atoms with Gasteiger partial charge >= 0.3 is 6.09 Å². The Morgan fingerprint density at radius 3 is 1.98 bits per heavy atom. The Kier molecular flexibility index (Phi) is 10.6. The van der Waals surface area contributed by atoms with Gasteiger partial charge in [0.1, 0.15) is 11.9 Å². The van der Waals surface area contributed by atoms with Gasteiger partial charge in [0.15, 0.2) is 6.79 Å². The van der Waals surface area contributed by atoms with Gasteiger partial charge in [0.05, 0.1) is 43.0 Å². The molecule has 3 amide bonds. The summed E-state index contributed by atoms with van der Waals surface area (Å²) in [6.45, 7) is 8.60. The molecule has 14 nitrogen and oxygen atoms in total. The van der Waals surface area contributed by atoms with Crippen LogP contribution in [0, 0.1) is 11.8 Å². The van der Waals surface area contributed by atoms with E-state index in [1.165, 1.54) is 7.11 Å². The first kappa shape index (κ1) is 34.8. The summed E-state index contributed by atoms with van der Waals surface area (Å²) < 4.78 is 15.3. The Morgan fingerprint density at radius 1 is 0.840 bits per heavy atom. The molecule has 0 spiro atoms. The molecule has 2 aliphatic rings. The van der Waals surface area contributed by atoms with Gasteiger partial charge in [-0.25, -0.2) is 14.8 Å². The van der Waals surface area contributed by atoms with Gasteiger partial charge < -0.3 is 34.4 Å². The number of carbonyl (C=O) groups excluding carboxylic acids is 3. The van der Waals surface area contributed by atoms with Gasteiger partial charge in [-0.2, -0.15) is 0 Å². The van der Waals surface area contributed by atoms with Crippen molar-refractivity contribution < 1.29 is 28.6 Å². The smallest absolute Gasteiger partial charge is 0.407 e. The first-order valence-corrected chi connectivity index (χ1v) is 16.9. The summed E-state index contributed by atoms with van der Waals surface area (Å²) in [4.78, 5) is 55.5. The minimum atomic E-state index is -0.778. The molecule has 0 saturated carbocycles. The zero-order valence-electron chi connectivity index (χ0n) is 28.9. The number of aromatic amines is 2. The van der Waals surface area contributed by atoms with Crippen LogP contribution in [0.3, 0.4) is 0 Å². The zero-order valence-corrected chi connectivity index (χ0v) is 28.9. The van der Waals surface area contributed by atoms with Gasteiger partial charge in [0, 0.05) is 6.54 Å². The number of nitrogens with zero attached hydrogens (tertiary/aromatic N) is 3. The minimum Gasteiger partial charge on any atom is -0.453 e. The van der Waals surface area contributed by atoms with Crippen LogP contribution in [-0.2, 0) is 23.8 Å². The molecule has 3 atom stereocenters. The molecule has 2 fully saturated rings. The number of nitrogens with one attached hydrogen (secondary N) is 5. The molecule has 5 N–H and O–H groups in total. The van der Waals surface area contributed by atoms with E-state index < -0.39 is 30.5 Å². The average Bonchev–Trinajstić information content (AvgIpc) is 3.88. The van der Waals surface area contributed by atoms with Crippen molar-refractivity contribution in [2.45, 2.75) is 65.1 Å². The molecule has 2 aliphatic heterocycles. The Labute approximate surface area is 290 Å². The number of rotatable bonds is 12. The van der Waals surface area contributed by atoms with E-state index in [1.807, 2.05) is 63.1 Å². The highest BCUT2D eigenvalue weighted by Crippen LogP contribution is 2.33. The summed E-state index contributed by atoms with van der Waals surface area (Å²) in [5.41, 5.74) is 5.61. The lowest BCUT2D eigenvalue weighted by Gasteiger charge is -2.35. The van der Waals surface area contributed by atoms with Crippen molar-refractivity contribution in [2.75, 3.05) is 25.8 Å². The molecule has 2 aromatic heterocycles. The van der Waals surface area contributed by atoms with E-state index in [4.69, 9.17) is 14.5 Å². The van der Waals surface area contributed by atoms with Crippen LogP contribution in [0.25, 0.3) is 33.6 Å². The molecule has 4 heterocycles. The van der Waals surface area contributed by atoms with E-state index in [-0.39, 0.29) is 36.5 Å². The van der Waals surface area contributed by atoms with Crippen LogP contribution >= 0.6 is 0 Å². The summed E-state index contributed by atoms with van der Waals surface area (Å²) in [5.74, 6) is 0.602. The van der Waals surface area contributed by atoms with Crippen LogP contribution in [0.5, 0.6) is 0 Å². The maximum Gasteiger partial charge on any atom is 0.407 e. The van der Waals surface area contributed by atoms with Gasteiger partial charge in [0.2, 0.25) is 24.2 Å². The van der Waals surface area contributed by atoms with Gasteiger partial charge in [-0.1, -0.05) is 76.2 Å². The molecule has 0 bridgehead atoms. The van der Waals surface area contributed by atoms with Crippen molar-refractivity contribution in [3.8, 4) is 33.6 Å². The molecule has 0 radical (unpaired) electrons. The third-order valence-electron chi connectivity index (χ3n) is 9.08. The Morgan fingerprint density at radius 2 is 1.42 bits per heavy atom. The lowest BCUT2D eigenvalue weighted by atomic mass is 10.0. The molecule has 6 rings (SSSR count). The van der Waals surface area contributed by atoms with Gasteiger partial charge in [0.25, 0.3) is 0 Å². The van der Waals surface area contributed by atoms with Gasteiger partial charge in [-0.15, -0.1) is 0 Å². The Bertz CT molecular complexity index is 1780. The van der Waals surface area contributed by atoms with E-state index in [0.29, 0.717) is 6.54 Å². The van der Waals surface area contributed by atoms with Gasteiger partial charge in [-0.05, 0) is 46.9 Å². The summed E-state index contributed by atoms with van der Waals surface area (Å²) in [6, 6.07) is 15.0. The van der Waals surface area contributed by atoms with Gasteiger partial charge in [-0.3, -0.25) is 20.2 Å². The summed E-state index contributed by atoms with van der Waals surface area (Å²) in [6.07, 6.45) is 4.01. The van der Waals surface area contributed by atoms with Crippen LogP contribution in [-0.4, -0.2) is 81.7 Å². The van der Waals surface area contributed by atoms with Crippen molar-refractivity contribution in [3.05, 3.63) is 66.7 Å². The maximum atomic E-state index is 13.6. The van der Waals surface area contributed by atoms with E-state index in [0.717, 1.165) is 52.3 Å². The van der Waals surface area contributed by atoms with Crippen LogP contribution in [0.4, 0.5) is 10.7 Å². The number of benzene rings is 2. The molecule has 2 saturated heterocycles. The van der Waals surface area contributed by atoms with Crippen molar-refractivity contribution in [1.82, 2.24) is 35.5 Å². The topological polar surface area (TPSA) is 176 Å². The molecule has 4 aromatic rings. The second-order valence-electron chi connectivity index (χ2n) is 13.2. The normalized spacial score (nSPS) is 17.4. The Hall–Kier alpha value is -5.05. The number of hydrogen-bond donors (Lipinski definition) is 5. The number of methoxy groups -OCH3 is 1. The van der Waals surface area contributed by atoms with Crippen molar-refractivity contribution in [2.24, 2.45) is 11.8 Å². The SMILES string of the molecule is COC(=O)N[C@H](C(=O)Nc1ncc(-c2ccc(-c3ccc(-c4cnc([C@@H]5CCCN5C(=O)[C@@H](NC5OCO5)C(C)C)[nH]4)cc3)cc2)[nH]1)C(C)C. The maximum absolute atomic E-state index is 13.6. The number of alkyl carbamates (subject to hydrolysis) is 1. The Balaban J connectivity index is 1.08. The summed E-state index contributed by atoms with van der Waals surface area (Å²) >= 11 is 0. The highest BCUT2D eigenvalue weighted by Gasteiger charge is 2.38. The summed E-state index contributed by atoms with van der Waals surface area (Å²) in [7, 11) is 1.25. The quantitative estimate of drug-likeness (QED) is 0.137. The zero-order chi connectivity index (χ0) is 35.4. The monoisotopic (exact) mass is 684 g/mol. The van der Waals surface area contributed by atoms with Crippen LogP contribution in [0.1, 0.15) is 52.4 Å². The number of amides is 3. The predicted molar refractivity (Wildman–Crippen MR) is 186 cm³/mol. The lowest BCUT2D eigenvalue weighted by Crippen LogP contribution is -2.56. The second kappa shape index (κ2) is 15.2. The van der Waals surface area contributed by atoms with E-state index >= 15 is 0 Å². The lowest BCUT2D eigenvalue weighted by molar-refractivity contribution is -0.335. The molecule has 50 heavy (non-hydrogen) atoms. The largest absolute Gasteiger partial charge is 0.453 e. The van der Waals surface area contributed by atoms with Crippen LogP contribution in [0.15, 0.2) is 60.9 Å². The fraction of sp³-hybridized carbons (Fsp3) is 0.417. The number of aromatic nitrogens is 4. The molecule has 14 heteroatoms. The van der Waals surface area contributed by atoms with Crippen LogP contribution in [0.2, 0.25) is 0 Å². The highest BCUT2D eigenvalue weighted by atomic mass is 16.9. The number of likely N-dealkylation sites (tertiary alicyclic amines) is 1. The fourth-order valence-electron chi connectivity index (χ4n) is 6.21. The fourth-order valence-corrected chi connectivity index (χ4v) is 6.21. The molecule has 0 aliphatic carbocycles. The molecular weight excluding hydrogens is 640 g/mol. The van der Waals surface area contributed by atoms with Crippen molar-refractivity contribution in [1.29, 1.82) is 0 Å². The first-order valence-electron chi connectivity index (χ1n) is 16.9. The third kappa shape index (κ3) is 7.72. The molecule has 0 unspecified atom stereocenters. The number of anilines is 1. The van der Waals surface area contributed by atoms with E-state index in [2.05, 4.69) is 59.9 Å². The second-order valence-corrected chi connectivity index (χ2v) is 13.2. The van der Waals surface area contributed by atoms with E-state index in [1.54, 1.807) is 6.20 Å². The number of H-pyrrole nitrogens is 2. The molecule has 264 valence electrons. The van der Waals surface area contributed by atoms with Crippen molar-refractivity contribution >= 4 is 23.9 Å². The number of carbonyl (C=O) groups is 3. The number of hydrogen-bond acceptors (Lipinski definition) is 9. The average molecular weight is 685 g/mol. The van der Waals surface area contributed by atoms with Crippen molar-refractivity contribution in [3.63, 3.8) is 0 Å². The van der Waals surface area contributed by atoms with Crippen LogP contribution < -0.4 is 16.0 Å².